The van der Waals surface area contributed by atoms with Gasteiger partial charge in [-0.3, -0.25) is 4.90 Å². The molecule has 0 radical (unpaired) electrons. The number of carbonyl (C=O) groups excluding carboxylic acids is 1. The van der Waals surface area contributed by atoms with E-state index in [4.69, 9.17) is 0 Å². The number of benzene rings is 1. The van der Waals surface area contributed by atoms with Crippen LogP contribution in [0.3, 0.4) is 0 Å². The lowest BCUT2D eigenvalue weighted by molar-refractivity contribution is -0.116. The van der Waals surface area contributed by atoms with Crippen molar-refractivity contribution in [3.63, 3.8) is 0 Å². The summed E-state index contributed by atoms with van der Waals surface area (Å²) in [5.41, 5.74) is 2.87. The summed E-state index contributed by atoms with van der Waals surface area (Å²) in [4.78, 5) is 19.0. The summed E-state index contributed by atoms with van der Waals surface area (Å²) in [5, 5.41) is 0. The van der Waals surface area contributed by atoms with E-state index in [1.54, 1.807) is 0 Å². The average molecular weight is 406 g/mol. The van der Waals surface area contributed by atoms with Crippen molar-refractivity contribution in [1.29, 1.82) is 0 Å². The minimum Gasteiger partial charge on any atom is -0.369 e. The molecule has 1 aliphatic heterocycles. The monoisotopic (exact) mass is 405 g/mol. The summed E-state index contributed by atoms with van der Waals surface area (Å²) < 4.78 is 13.6. The lowest BCUT2D eigenvalue weighted by atomic mass is 9.84. The van der Waals surface area contributed by atoms with Crippen LogP contribution in [0.25, 0.3) is 0 Å². The van der Waals surface area contributed by atoms with Gasteiger partial charge in [-0.15, -0.1) is 0 Å². The molecule has 0 aliphatic carbocycles. The predicted octanol–water partition coefficient (Wildman–Crippen LogP) is 4.54. The highest BCUT2D eigenvalue weighted by atomic mass is 19.1. The first-order chi connectivity index (χ1) is 13.6. The van der Waals surface area contributed by atoms with Gasteiger partial charge in [0.2, 0.25) is 0 Å². The van der Waals surface area contributed by atoms with Crippen molar-refractivity contribution in [3.05, 3.63) is 29.3 Å². The van der Waals surface area contributed by atoms with Gasteiger partial charge in [0.1, 0.15) is 13.0 Å². The molecule has 1 aromatic carbocycles. The topological polar surface area (TPSA) is 26.8 Å². The molecule has 5 heteroatoms. The minimum absolute atomic E-state index is 0.0607. The fourth-order valence-electron chi connectivity index (χ4n) is 4.35. The SMILES string of the molecule is CC(C)CC(c1cc(CF)ccc1N1CCN(C)CC1)N(C)C(C=O)C(C)(C)C. The Morgan fingerprint density at radius 1 is 1.17 bits per heavy atom. The zero-order chi connectivity index (χ0) is 21.8. The number of likely N-dealkylation sites (N-methyl/N-ethyl adjacent to an activating group) is 2. The molecule has 2 unspecified atom stereocenters. The highest BCUT2D eigenvalue weighted by Gasteiger charge is 2.34. The molecule has 1 fully saturated rings. The van der Waals surface area contributed by atoms with Gasteiger partial charge in [-0.05, 0) is 55.1 Å². The Morgan fingerprint density at radius 3 is 2.28 bits per heavy atom. The van der Waals surface area contributed by atoms with Crippen LogP contribution in [0, 0.1) is 11.3 Å². The second-order valence-electron chi connectivity index (χ2n) is 10.1. The van der Waals surface area contributed by atoms with Crippen LogP contribution in [0.4, 0.5) is 10.1 Å². The van der Waals surface area contributed by atoms with Crippen molar-refractivity contribution < 1.29 is 9.18 Å². The first-order valence-electron chi connectivity index (χ1n) is 10.9. The van der Waals surface area contributed by atoms with Crippen LogP contribution in [-0.4, -0.2) is 62.4 Å². The maximum atomic E-state index is 13.6. The van der Waals surface area contributed by atoms with Gasteiger partial charge in [-0.1, -0.05) is 40.7 Å². The Labute approximate surface area is 177 Å². The minimum atomic E-state index is -0.468. The number of aldehydes is 1. The van der Waals surface area contributed by atoms with Crippen LogP contribution >= 0.6 is 0 Å². The summed E-state index contributed by atoms with van der Waals surface area (Å²) in [6.45, 7) is 14.2. The van der Waals surface area contributed by atoms with Gasteiger partial charge in [-0.25, -0.2) is 4.39 Å². The van der Waals surface area contributed by atoms with Gasteiger partial charge in [-0.2, -0.15) is 0 Å². The van der Waals surface area contributed by atoms with E-state index in [1.807, 2.05) is 19.2 Å². The highest BCUT2D eigenvalue weighted by molar-refractivity contribution is 5.61. The molecule has 2 atom stereocenters. The van der Waals surface area contributed by atoms with Gasteiger partial charge >= 0.3 is 0 Å². The number of alkyl halides is 1. The van der Waals surface area contributed by atoms with E-state index in [0.29, 0.717) is 11.5 Å². The Kier molecular flexibility index (Phi) is 8.24. The molecule has 0 amide bonds. The molecule has 4 nitrogen and oxygen atoms in total. The molecule has 0 spiro atoms. The molecule has 0 N–H and O–H groups in total. The molecule has 29 heavy (non-hydrogen) atoms. The Bertz CT molecular complexity index is 663. The third kappa shape index (κ3) is 6.02. The number of hydrogen-bond donors (Lipinski definition) is 0. The van der Waals surface area contributed by atoms with Crippen LogP contribution in [0.5, 0.6) is 0 Å². The van der Waals surface area contributed by atoms with Crippen LogP contribution in [0.2, 0.25) is 0 Å². The fourth-order valence-corrected chi connectivity index (χ4v) is 4.35. The van der Waals surface area contributed by atoms with Crippen molar-refractivity contribution in [2.75, 3.05) is 45.2 Å². The molecule has 1 aromatic rings. The van der Waals surface area contributed by atoms with Crippen molar-refractivity contribution in [3.8, 4) is 0 Å². The zero-order valence-corrected chi connectivity index (χ0v) is 19.4. The van der Waals surface area contributed by atoms with Crippen molar-refractivity contribution in [1.82, 2.24) is 9.80 Å². The summed E-state index contributed by atoms with van der Waals surface area (Å²) in [6, 6.07) is 5.88. The van der Waals surface area contributed by atoms with Gasteiger partial charge in [0.15, 0.2) is 0 Å². The smallest absolute Gasteiger partial charge is 0.137 e. The second kappa shape index (κ2) is 10.0. The molecular weight excluding hydrogens is 365 g/mol. The summed E-state index contributed by atoms with van der Waals surface area (Å²) in [5.74, 6) is 0.462. The fraction of sp³-hybridized carbons (Fsp3) is 0.708. The van der Waals surface area contributed by atoms with Crippen LogP contribution < -0.4 is 4.90 Å². The summed E-state index contributed by atoms with van der Waals surface area (Å²) in [6.07, 6.45) is 2.00. The van der Waals surface area contributed by atoms with E-state index in [-0.39, 0.29) is 17.5 Å². The maximum Gasteiger partial charge on any atom is 0.137 e. The average Bonchev–Trinajstić information content (AvgIpc) is 2.65. The van der Waals surface area contributed by atoms with Crippen molar-refractivity contribution in [2.24, 2.45) is 11.3 Å². The molecule has 2 rings (SSSR count). The van der Waals surface area contributed by atoms with Crippen LogP contribution in [0.15, 0.2) is 18.2 Å². The maximum absolute atomic E-state index is 13.6. The molecule has 164 valence electrons. The second-order valence-corrected chi connectivity index (χ2v) is 10.1. The number of rotatable bonds is 8. The highest BCUT2D eigenvalue weighted by Crippen LogP contribution is 2.38. The third-order valence-corrected chi connectivity index (χ3v) is 6.09. The lowest BCUT2D eigenvalue weighted by Crippen LogP contribution is -2.47. The van der Waals surface area contributed by atoms with Gasteiger partial charge in [0.05, 0.1) is 6.04 Å². The third-order valence-electron chi connectivity index (χ3n) is 6.09. The summed E-state index contributed by atoms with van der Waals surface area (Å²) >= 11 is 0. The van der Waals surface area contributed by atoms with E-state index in [2.05, 4.69) is 62.4 Å². The number of carbonyl (C=O) groups is 1. The first kappa shape index (κ1) is 23.8. The Hall–Kier alpha value is -1.46. The van der Waals surface area contributed by atoms with Crippen LogP contribution in [0.1, 0.15) is 58.2 Å². The van der Waals surface area contributed by atoms with E-state index in [1.165, 1.54) is 5.69 Å². The van der Waals surface area contributed by atoms with Crippen molar-refractivity contribution in [2.45, 2.75) is 59.8 Å². The van der Waals surface area contributed by atoms with E-state index in [0.717, 1.165) is 44.4 Å². The largest absolute Gasteiger partial charge is 0.369 e. The number of hydrogen-bond acceptors (Lipinski definition) is 4. The number of nitrogens with zero attached hydrogens (tertiary/aromatic N) is 3. The first-order valence-corrected chi connectivity index (χ1v) is 10.9. The van der Waals surface area contributed by atoms with Crippen LogP contribution in [-0.2, 0) is 11.5 Å². The Morgan fingerprint density at radius 2 is 1.79 bits per heavy atom. The van der Waals surface area contributed by atoms with Gasteiger partial charge in [0.25, 0.3) is 0 Å². The van der Waals surface area contributed by atoms with Gasteiger partial charge < -0.3 is 14.6 Å². The quantitative estimate of drug-likeness (QED) is 0.593. The molecule has 0 aromatic heterocycles. The summed E-state index contributed by atoms with van der Waals surface area (Å²) in [7, 11) is 4.20. The standard InChI is InChI=1S/C24H40FN3O/c1-18(2)14-22(27(7)23(17-29)24(3,4)5)20-15-19(16-25)8-9-21(20)28-12-10-26(6)11-13-28/h8-9,15,17-18,22-23H,10-14,16H2,1-7H3. The molecule has 1 aliphatic rings. The lowest BCUT2D eigenvalue weighted by Gasteiger charge is -2.42. The molecule has 1 saturated heterocycles. The number of halogens is 1. The van der Waals surface area contributed by atoms with Gasteiger partial charge in [0, 0.05) is 37.9 Å². The number of anilines is 1. The molecular formula is C24H40FN3O. The molecule has 1 heterocycles. The normalized spacial score (nSPS) is 18.3. The predicted molar refractivity (Wildman–Crippen MR) is 120 cm³/mol. The van der Waals surface area contributed by atoms with E-state index < -0.39 is 6.67 Å². The van der Waals surface area contributed by atoms with E-state index >= 15 is 0 Å². The Balaban J connectivity index is 2.51. The molecule has 0 saturated carbocycles. The molecule has 0 bridgehead atoms. The van der Waals surface area contributed by atoms with Crippen molar-refractivity contribution >= 4 is 12.0 Å². The zero-order valence-electron chi connectivity index (χ0n) is 19.4. The number of piperazine rings is 1. The van der Waals surface area contributed by atoms with E-state index in [9.17, 15) is 9.18 Å².